The van der Waals surface area contributed by atoms with E-state index in [1.165, 1.54) is 13.4 Å². The lowest BCUT2D eigenvalue weighted by Crippen LogP contribution is -2.15. The van der Waals surface area contributed by atoms with Crippen molar-refractivity contribution in [3.8, 4) is 5.75 Å². The number of H-pyrrole nitrogens is 1. The zero-order chi connectivity index (χ0) is 13.4. The Hall–Kier alpha value is -2.37. The minimum Gasteiger partial charge on any atom is -0.494 e. The van der Waals surface area contributed by atoms with Gasteiger partial charge >= 0.3 is 0 Å². The van der Waals surface area contributed by atoms with Crippen LogP contribution in [0.5, 0.6) is 5.75 Å². The van der Waals surface area contributed by atoms with Crippen LogP contribution in [0.15, 0.2) is 23.3 Å². The van der Waals surface area contributed by atoms with Gasteiger partial charge in [-0.25, -0.2) is 4.98 Å². The highest BCUT2D eigenvalue weighted by atomic mass is 16.5. The highest BCUT2D eigenvalue weighted by molar-refractivity contribution is 5.98. The fraction of sp³-hybridized carbons (Fsp3) is 0.308. The topological polar surface area (TPSA) is 84.1 Å². The van der Waals surface area contributed by atoms with Gasteiger partial charge in [-0.2, -0.15) is 0 Å². The first kappa shape index (κ1) is 11.7. The van der Waals surface area contributed by atoms with Crippen LogP contribution < -0.4 is 15.6 Å². The van der Waals surface area contributed by atoms with E-state index in [0.29, 0.717) is 22.3 Å². The summed E-state index contributed by atoms with van der Waals surface area (Å²) in [5, 5.41) is 3.22. The maximum absolute atomic E-state index is 11.8. The lowest BCUT2D eigenvalue weighted by molar-refractivity contribution is -0.117. The average molecular weight is 259 g/mol. The Morgan fingerprint density at radius 2 is 2.26 bits per heavy atom. The highest BCUT2D eigenvalue weighted by Crippen LogP contribution is 2.33. The standard InChI is InChI=1S/C13H13N3O3/c1-19-11-5-9-8(13(18)15-6-14-9)4-10(11)16-12(17)7-2-3-7/h4-7H,2-3H2,1H3,(H,16,17)(H,14,15,18). The molecule has 0 aliphatic heterocycles. The number of rotatable bonds is 3. The summed E-state index contributed by atoms with van der Waals surface area (Å²) in [6.07, 6.45) is 3.18. The first-order valence-electron chi connectivity index (χ1n) is 6.05. The summed E-state index contributed by atoms with van der Waals surface area (Å²) in [6, 6.07) is 3.24. The molecule has 6 nitrogen and oxygen atoms in total. The van der Waals surface area contributed by atoms with E-state index in [1.807, 2.05) is 0 Å². The smallest absolute Gasteiger partial charge is 0.258 e. The van der Waals surface area contributed by atoms with E-state index in [4.69, 9.17) is 4.74 Å². The van der Waals surface area contributed by atoms with Gasteiger partial charge in [0.25, 0.3) is 5.56 Å². The molecule has 1 amide bonds. The van der Waals surface area contributed by atoms with Crippen molar-refractivity contribution in [2.45, 2.75) is 12.8 Å². The molecule has 1 aliphatic carbocycles. The summed E-state index contributed by atoms with van der Waals surface area (Å²) in [5.74, 6) is 0.560. The molecule has 0 radical (unpaired) electrons. The zero-order valence-electron chi connectivity index (χ0n) is 10.4. The van der Waals surface area contributed by atoms with Crippen molar-refractivity contribution in [3.63, 3.8) is 0 Å². The van der Waals surface area contributed by atoms with Crippen LogP contribution in [0.3, 0.4) is 0 Å². The average Bonchev–Trinajstić information content (AvgIpc) is 3.23. The molecule has 98 valence electrons. The third-order valence-electron chi connectivity index (χ3n) is 3.17. The van der Waals surface area contributed by atoms with Gasteiger partial charge in [0.05, 0.1) is 30.0 Å². The van der Waals surface area contributed by atoms with Crippen LogP contribution in [-0.4, -0.2) is 23.0 Å². The van der Waals surface area contributed by atoms with Crippen LogP contribution >= 0.6 is 0 Å². The summed E-state index contributed by atoms with van der Waals surface area (Å²) >= 11 is 0. The predicted molar refractivity (Wildman–Crippen MR) is 70.3 cm³/mol. The number of methoxy groups -OCH3 is 1. The van der Waals surface area contributed by atoms with Crippen molar-refractivity contribution in [3.05, 3.63) is 28.8 Å². The van der Waals surface area contributed by atoms with Gasteiger partial charge in [0, 0.05) is 12.0 Å². The van der Waals surface area contributed by atoms with Crippen molar-refractivity contribution in [1.82, 2.24) is 9.97 Å². The van der Waals surface area contributed by atoms with E-state index < -0.39 is 0 Å². The maximum Gasteiger partial charge on any atom is 0.258 e. The van der Waals surface area contributed by atoms with Gasteiger partial charge < -0.3 is 15.0 Å². The van der Waals surface area contributed by atoms with E-state index in [2.05, 4.69) is 15.3 Å². The molecule has 1 saturated carbocycles. The van der Waals surface area contributed by atoms with Crippen LogP contribution in [0.25, 0.3) is 10.9 Å². The van der Waals surface area contributed by atoms with Crippen molar-refractivity contribution < 1.29 is 9.53 Å². The third kappa shape index (κ3) is 2.16. The van der Waals surface area contributed by atoms with Gasteiger partial charge in [-0.15, -0.1) is 0 Å². The summed E-state index contributed by atoms with van der Waals surface area (Å²) in [4.78, 5) is 30.1. The lowest BCUT2D eigenvalue weighted by Gasteiger charge is -2.10. The molecule has 1 aromatic heterocycles. The maximum atomic E-state index is 11.8. The van der Waals surface area contributed by atoms with Crippen LogP contribution in [0.2, 0.25) is 0 Å². The molecule has 0 saturated heterocycles. The Bertz CT molecular complexity index is 704. The molecule has 0 atom stereocenters. The van der Waals surface area contributed by atoms with Gasteiger partial charge in [-0.05, 0) is 18.9 Å². The van der Waals surface area contributed by atoms with E-state index in [-0.39, 0.29) is 17.4 Å². The molecular weight excluding hydrogens is 246 g/mol. The van der Waals surface area contributed by atoms with Crippen molar-refractivity contribution in [2.75, 3.05) is 12.4 Å². The monoisotopic (exact) mass is 259 g/mol. The molecule has 1 aliphatic rings. The molecule has 19 heavy (non-hydrogen) atoms. The molecule has 1 heterocycles. The summed E-state index contributed by atoms with van der Waals surface area (Å²) in [5.41, 5.74) is 0.796. The Balaban J connectivity index is 2.08. The Labute approximate surface area is 108 Å². The Morgan fingerprint density at radius 3 is 2.95 bits per heavy atom. The minimum atomic E-state index is -0.241. The van der Waals surface area contributed by atoms with Gasteiger partial charge in [0.15, 0.2) is 0 Å². The first-order valence-corrected chi connectivity index (χ1v) is 6.05. The number of aromatic amines is 1. The van der Waals surface area contributed by atoms with Crippen molar-refractivity contribution >= 4 is 22.5 Å². The second-order valence-electron chi connectivity index (χ2n) is 4.56. The Kier molecular flexibility index (Phi) is 2.70. The number of benzene rings is 1. The normalized spacial score (nSPS) is 14.4. The van der Waals surface area contributed by atoms with Crippen LogP contribution in [0.1, 0.15) is 12.8 Å². The number of carbonyl (C=O) groups excluding carboxylic acids is 1. The van der Waals surface area contributed by atoms with E-state index >= 15 is 0 Å². The van der Waals surface area contributed by atoms with Crippen molar-refractivity contribution in [2.24, 2.45) is 5.92 Å². The SMILES string of the molecule is COc1cc2nc[nH]c(=O)c2cc1NC(=O)C1CC1. The van der Waals surface area contributed by atoms with Gasteiger partial charge in [0.2, 0.25) is 5.91 Å². The molecule has 3 rings (SSSR count). The number of nitrogens with zero attached hydrogens (tertiary/aromatic N) is 1. The second kappa shape index (κ2) is 4.38. The van der Waals surface area contributed by atoms with Crippen LogP contribution in [0, 0.1) is 5.92 Å². The number of amides is 1. The molecule has 0 unspecified atom stereocenters. The van der Waals surface area contributed by atoms with Crippen LogP contribution in [0.4, 0.5) is 5.69 Å². The highest BCUT2D eigenvalue weighted by Gasteiger charge is 2.30. The molecule has 0 spiro atoms. The van der Waals surface area contributed by atoms with Crippen LogP contribution in [-0.2, 0) is 4.79 Å². The number of hydrogen-bond acceptors (Lipinski definition) is 4. The number of ether oxygens (including phenoxy) is 1. The third-order valence-corrected chi connectivity index (χ3v) is 3.17. The molecule has 1 fully saturated rings. The zero-order valence-corrected chi connectivity index (χ0v) is 10.4. The number of hydrogen-bond donors (Lipinski definition) is 2. The largest absolute Gasteiger partial charge is 0.494 e. The summed E-state index contributed by atoms with van der Waals surface area (Å²) in [6.45, 7) is 0. The van der Waals surface area contributed by atoms with E-state index in [9.17, 15) is 9.59 Å². The number of fused-ring (bicyclic) bond motifs is 1. The number of nitrogens with one attached hydrogen (secondary N) is 2. The Morgan fingerprint density at radius 1 is 1.47 bits per heavy atom. The molecule has 2 aromatic rings. The quantitative estimate of drug-likeness (QED) is 0.869. The molecule has 0 bridgehead atoms. The number of carbonyl (C=O) groups is 1. The summed E-state index contributed by atoms with van der Waals surface area (Å²) < 4.78 is 5.23. The second-order valence-corrected chi connectivity index (χ2v) is 4.56. The number of aromatic nitrogens is 2. The molecule has 1 aromatic carbocycles. The van der Waals surface area contributed by atoms with Gasteiger partial charge in [-0.3, -0.25) is 9.59 Å². The van der Waals surface area contributed by atoms with Gasteiger partial charge in [0.1, 0.15) is 5.75 Å². The van der Waals surface area contributed by atoms with E-state index in [0.717, 1.165) is 12.8 Å². The lowest BCUT2D eigenvalue weighted by atomic mass is 10.2. The fourth-order valence-corrected chi connectivity index (χ4v) is 1.94. The van der Waals surface area contributed by atoms with Crippen molar-refractivity contribution in [1.29, 1.82) is 0 Å². The molecule has 2 N–H and O–H groups in total. The predicted octanol–water partition coefficient (Wildman–Crippen LogP) is 1.28. The van der Waals surface area contributed by atoms with E-state index in [1.54, 1.807) is 12.1 Å². The first-order chi connectivity index (χ1) is 9.19. The minimum absolute atomic E-state index is 0.0297. The number of anilines is 1. The fourth-order valence-electron chi connectivity index (χ4n) is 1.94. The molecule has 6 heteroatoms. The van der Waals surface area contributed by atoms with Gasteiger partial charge in [-0.1, -0.05) is 0 Å². The molecular formula is C13H13N3O3. The summed E-state index contributed by atoms with van der Waals surface area (Å²) in [7, 11) is 1.51.